The Morgan fingerprint density at radius 3 is 1.18 bits per heavy atom. The minimum Gasteiger partial charge on any atom is -0.481 e. The standard InChI is InChI=1S/C29H32ClFN8O4.C26H24ClFN6O6.C21H18ClFN6O3/c1-36-8-10-37(11-9-36)7-6-27(41)43-17-38-26(40)13-18(29(38)42)12-19-16-32-39-25(33-21-3-4-21)15-24(35-28(19)39)34-23-14-20(30)2-5-22(23)31;27-16-4-7-18(28)19(10-16)31-20-11-21(30-17-5-6-17)34-25(32-20)15(12-29-34)8-14-9-22(35)33(26(14)39)13-40-24(38)3-1-2-23(36)37;22-13-1-4-15(23)16(7-13)26-17-8-18(25-14-2-3-14)29-20(27-17)12(9-24-29)5-11-6-19(31)28(10-30)21(11)32/h2,5,12,14-16,21,33H,3-4,6-11,13,17H2,1H3,(H,34,35);4,7-8,10-12,17,30H,1-3,5-6,9,13H2,(H,31,32)(H,36,37);1,4-5,7-9,14,25,30H,2-3,6,10H2,(H,26,27)/b18-12+;14-8+;11-5+. The molecule has 0 spiro atoms. The fourth-order valence-electron chi connectivity index (χ4n) is 12.5. The number of likely N-dealkylation sites (N-methyl/N-ethyl adjacent to an activating group) is 1. The number of halogens is 6. The van der Waals surface area contributed by atoms with Gasteiger partial charge in [-0.3, -0.25) is 48.1 Å². The summed E-state index contributed by atoms with van der Waals surface area (Å²) in [4.78, 5) is 131. The molecule has 598 valence electrons. The quantitative estimate of drug-likeness (QED) is 0.0135. The topological polar surface area (TPSA) is 391 Å². The zero-order valence-corrected chi connectivity index (χ0v) is 63.7. The number of aromatic nitrogens is 9. The number of nitrogens with one attached hydrogen (secondary N) is 6. The number of likely N-dealkylation sites (tertiary alicyclic amines) is 3. The number of carboxylic acids is 1. The number of carbonyl (C=O) groups is 9. The Balaban J connectivity index is 0.000000144. The second-order valence-corrected chi connectivity index (χ2v) is 29.4. The van der Waals surface area contributed by atoms with Crippen LogP contribution in [-0.2, 0) is 52.6 Å². The van der Waals surface area contributed by atoms with Crippen molar-refractivity contribution in [1.29, 1.82) is 0 Å². The van der Waals surface area contributed by atoms with Gasteiger partial charge in [0.25, 0.3) is 17.7 Å². The fourth-order valence-corrected chi connectivity index (χ4v) is 13.1. The number of nitrogens with zero attached hydrogens (tertiary/aromatic N) is 14. The summed E-state index contributed by atoms with van der Waals surface area (Å²) in [5, 5.41) is 51.2. The average Bonchev–Trinajstić information content (AvgIpc) is 1.65. The number of hydrogen-bond acceptors (Lipinski definition) is 26. The minimum atomic E-state index is -1.04. The average molecular weight is 1640 g/mol. The molecule has 6 amide bonds. The third kappa shape index (κ3) is 19.6. The number of amides is 6. The second-order valence-electron chi connectivity index (χ2n) is 28.1. The van der Waals surface area contributed by atoms with E-state index in [1.165, 1.54) is 79.1 Å². The molecule has 8 N–H and O–H groups in total. The van der Waals surface area contributed by atoms with Crippen molar-refractivity contribution in [2.45, 2.75) is 102 Å². The first-order valence-corrected chi connectivity index (χ1v) is 37.8. The number of esters is 2. The molecule has 10 heterocycles. The second kappa shape index (κ2) is 34.7. The Hall–Kier alpha value is -12.1. The summed E-state index contributed by atoms with van der Waals surface area (Å²) in [6.45, 7) is 2.55. The highest BCUT2D eigenvalue weighted by molar-refractivity contribution is 6.31. The molecular formula is C76H74Cl3F3N20O13. The number of anilines is 9. The van der Waals surface area contributed by atoms with E-state index in [0.29, 0.717) is 102 Å². The van der Waals surface area contributed by atoms with E-state index in [1.54, 1.807) is 44.0 Å². The van der Waals surface area contributed by atoms with Crippen molar-refractivity contribution in [2.75, 3.05) is 91.9 Å². The van der Waals surface area contributed by atoms with E-state index >= 15 is 0 Å². The van der Waals surface area contributed by atoms with E-state index in [1.807, 2.05) is 0 Å². The van der Waals surface area contributed by atoms with Crippen LogP contribution < -0.4 is 31.9 Å². The molecular weight excluding hydrogens is 1560 g/mol. The van der Waals surface area contributed by atoms with Crippen molar-refractivity contribution in [1.82, 2.24) is 68.3 Å². The number of ether oxygens (including phenoxy) is 2. The zero-order valence-electron chi connectivity index (χ0n) is 61.4. The lowest BCUT2D eigenvalue weighted by atomic mass is 10.1. The number of carbonyl (C=O) groups excluding carboxylic acids is 8. The third-order valence-corrected chi connectivity index (χ3v) is 19.9. The molecule has 0 unspecified atom stereocenters. The van der Waals surface area contributed by atoms with Gasteiger partial charge in [-0.1, -0.05) is 34.8 Å². The number of imide groups is 3. The molecule has 0 atom stereocenters. The van der Waals surface area contributed by atoms with Gasteiger partial charge in [-0.15, -0.1) is 0 Å². The molecule has 3 saturated carbocycles. The van der Waals surface area contributed by atoms with Crippen LogP contribution in [0, 0.1) is 17.5 Å². The molecule has 3 aromatic carbocycles. The van der Waals surface area contributed by atoms with Crippen LogP contribution >= 0.6 is 34.8 Å². The number of aliphatic hydroxyl groups excluding tert-OH is 1. The maximum absolute atomic E-state index is 14.4. The molecule has 33 nitrogen and oxygen atoms in total. The van der Waals surface area contributed by atoms with E-state index in [4.69, 9.17) is 49.4 Å². The van der Waals surface area contributed by atoms with Crippen molar-refractivity contribution < 1.29 is 76.0 Å². The van der Waals surface area contributed by atoms with Crippen LogP contribution in [0.15, 0.2) is 108 Å². The molecule has 39 heteroatoms. The van der Waals surface area contributed by atoms with Crippen LogP contribution in [0.25, 0.3) is 35.2 Å². The third-order valence-electron chi connectivity index (χ3n) is 19.2. The van der Waals surface area contributed by atoms with Crippen LogP contribution in [0.2, 0.25) is 15.1 Å². The van der Waals surface area contributed by atoms with E-state index in [9.17, 15) is 61.4 Å². The van der Waals surface area contributed by atoms with Gasteiger partial charge < -0.3 is 61.4 Å². The first-order valence-electron chi connectivity index (χ1n) is 36.7. The first kappa shape index (κ1) is 79.6. The molecule has 0 radical (unpaired) electrons. The maximum Gasteiger partial charge on any atom is 0.308 e. The van der Waals surface area contributed by atoms with Crippen molar-refractivity contribution in [3.05, 3.63) is 157 Å². The molecule has 3 aliphatic carbocycles. The largest absolute Gasteiger partial charge is 0.481 e. The Labute approximate surface area is 667 Å². The van der Waals surface area contributed by atoms with Gasteiger partial charge >= 0.3 is 17.9 Å². The lowest BCUT2D eigenvalue weighted by Gasteiger charge is -2.32. The van der Waals surface area contributed by atoms with Gasteiger partial charge in [-0.25, -0.2) is 37.9 Å². The van der Waals surface area contributed by atoms with Crippen molar-refractivity contribution in [2.24, 2.45) is 0 Å². The highest BCUT2D eigenvalue weighted by atomic mass is 35.5. The lowest BCUT2D eigenvalue weighted by molar-refractivity contribution is -0.157. The van der Waals surface area contributed by atoms with Crippen LogP contribution in [0.5, 0.6) is 0 Å². The molecule has 6 aromatic heterocycles. The number of fused-ring (bicyclic) bond motifs is 3. The van der Waals surface area contributed by atoms with Crippen LogP contribution in [0.1, 0.15) is 100 Å². The normalized spacial score (nSPS) is 17.6. The highest BCUT2D eigenvalue weighted by Gasteiger charge is 2.38. The number of hydrogen-bond donors (Lipinski definition) is 8. The van der Waals surface area contributed by atoms with Gasteiger partial charge in [-0.2, -0.15) is 28.8 Å². The molecule has 7 aliphatic rings. The summed E-state index contributed by atoms with van der Waals surface area (Å²) in [7, 11) is 2.06. The predicted molar refractivity (Wildman–Crippen MR) is 415 cm³/mol. The SMILES string of the molecule is CN1CCN(CCC(=O)OCN2C(=O)C/C(=C\c3cnn4c(NC5CC5)cc(Nc5cc(Cl)ccc5F)nc34)C2=O)CC1.O=C(O)CCCC(=O)OCN1C(=O)C/C(=C\c2cnn3c(NC4CC4)cc(Nc4cc(Cl)ccc4F)nc23)C1=O.O=C1C/C(=C\c2cnn3c(NC4CC4)cc(Nc4cc(Cl)ccc4F)nc23)C(=O)N1CO. The monoisotopic (exact) mass is 1640 g/mol. The zero-order chi connectivity index (χ0) is 80.9. The smallest absolute Gasteiger partial charge is 0.308 e. The van der Waals surface area contributed by atoms with Gasteiger partial charge in [0.2, 0.25) is 17.7 Å². The number of aliphatic carboxylic acids is 1. The van der Waals surface area contributed by atoms with Crippen molar-refractivity contribution in [3.63, 3.8) is 0 Å². The van der Waals surface area contributed by atoms with Crippen LogP contribution in [-0.4, -0.2) is 210 Å². The molecule has 16 rings (SSSR count). The Kier molecular flexibility index (Phi) is 24.0. The van der Waals surface area contributed by atoms with Gasteiger partial charge in [0.15, 0.2) is 30.4 Å². The van der Waals surface area contributed by atoms with Crippen LogP contribution in [0.4, 0.5) is 65.1 Å². The Bertz CT molecular complexity index is 5480. The summed E-state index contributed by atoms with van der Waals surface area (Å²) >= 11 is 18.1. The Morgan fingerprint density at radius 2 is 0.843 bits per heavy atom. The predicted octanol–water partition coefficient (Wildman–Crippen LogP) is 9.79. The molecule has 4 aliphatic heterocycles. The Morgan fingerprint density at radius 1 is 0.496 bits per heavy atom. The minimum absolute atomic E-state index is 0.0847. The maximum atomic E-state index is 14.4. The molecule has 9 aromatic rings. The van der Waals surface area contributed by atoms with Gasteiger partial charge in [0.05, 0.1) is 61.3 Å². The number of carboxylic acid groups (broad SMARTS) is 1. The summed E-state index contributed by atoms with van der Waals surface area (Å²) in [5.74, 6) is -4.00. The van der Waals surface area contributed by atoms with E-state index in [0.717, 1.165) is 79.4 Å². The van der Waals surface area contributed by atoms with Gasteiger partial charge in [0, 0.05) is 130 Å². The first-order chi connectivity index (χ1) is 55.3. The number of piperazine rings is 1. The van der Waals surface area contributed by atoms with Crippen molar-refractivity contribution in [3.8, 4) is 0 Å². The highest BCUT2D eigenvalue weighted by Crippen LogP contribution is 2.36. The molecule has 7 fully saturated rings. The fraction of sp³-hybridized carbons (Fsp3) is 0.329. The lowest BCUT2D eigenvalue weighted by Crippen LogP contribution is -2.45. The molecule has 115 heavy (non-hydrogen) atoms. The van der Waals surface area contributed by atoms with Gasteiger partial charge in [0.1, 0.15) is 59.1 Å². The molecule has 0 bridgehead atoms. The summed E-state index contributed by atoms with van der Waals surface area (Å²) in [6, 6.07) is 18.5. The summed E-state index contributed by atoms with van der Waals surface area (Å²) in [6.07, 6.45) is 14.7. The van der Waals surface area contributed by atoms with Gasteiger partial charge in [-0.05, 0) is 125 Å². The van der Waals surface area contributed by atoms with E-state index in [-0.39, 0.29) is 84.8 Å². The number of benzene rings is 3. The molecule has 4 saturated heterocycles. The van der Waals surface area contributed by atoms with E-state index in [2.05, 4.69) is 79.0 Å². The number of aliphatic hydroxyl groups is 1. The number of rotatable bonds is 27. The van der Waals surface area contributed by atoms with Crippen molar-refractivity contribution >= 4 is 175 Å². The summed E-state index contributed by atoms with van der Waals surface area (Å²) in [5.41, 5.74) is 3.68. The summed E-state index contributed by atoms with van der Waals surface area (Å²) < 4.78 is 58.1. The van der Waals surface area contributed by atoms with E-state index < -0.39 is 91.0 Å². The van der Waals surface area contributed by atoms with Crippen LogP contribution in [0.3, 0.4) is 0 Å².